The highest BCUT2D eigenvalue weighted by molar-refractivity contribution is 6.07. The Kier molecular flexibility index (Phi) is 6.48. The number of halogens is 1. The third-order valence-electron chi connectivity index (χ3n) is 5.62. The second-order valence-corrected chi connectivity index (χ2v) is 7.69. The highest BCUT2D eigenvalue weighted by Crippen LogP contribution is 2.42. The van der Waals surface area contributed by atoms with E-state index in [2.05, 4.69) is 5.32 Å². The van der Waals surface area contributed by atoms with Crippen molar-refractivity contribution in [2.75, 3.05) is 47.0 Å². The predicted molar refractivity (Wildman–Crippen MR) is 116 cm³/mol. The minimum atomic E-state index is -0.356. The smallest absolute Gasteiger partial charge is 0.340 e. The Labute approximate surface area is 181 Å². The van der Waals surface area contributed by atoms with Crippen molar-refractivity contribution in [3.63, 3.8) is 0 Å². The number of likely N-dealkylation sites (N-methyl/N-ethyl adjacent to an activating group) is 1. The van der Waals surface area contributed by atoms with E-state index in [9.17, 15) is 9.18 Å². The lowest BCUT2D eigenvalue weighted by atomic mass is 9.86. The van der Waals surface area contributed by atoms with E-state index in [1.54, 1.807) is 25.1 Å². The highest BCUT2D eigenvalue weighted by Gasteiger charge is 2.45. The van der Waals surface area contributed by atoms with Crippen LogP contribution in [-0.4, -0.2) is 68.7 Å². The molecule has 0 spiro atoms. The van der Waals surface area contributed by atoms with E-state index in [1.807, 2.05) is 30.3 Å². The van der Waals surface area contributed by atoms with Gasteiger partial charge in [0, 0.05) is 39.4 Å². The number of carbonyl (C=O) groups excluding carboxylic acids is 1. The summed E-state index contributed by atoms with van der Waals surface area (Å²) in [6.45, 7) is 2.89. The van der Waals surface area contributed by atoms with Crippen molar-refractivity contribution in [1.82, 2.24) is 15.2 Å². The van der Waals surface area contributed by atoms with E-state index in [1.165, 1.54) is 17.1 Å². The third-order valence-corrected chi connectivity index (χ3v) is 5.62. The minimum Gasteiger partial charge on any atom is -0.492 e. The number of rotatable bonds is 7. The first kappa shape index (κ1) is 21.3. The number of nitrogens with zero attached hydrogens (tertiary/aromatic N) is 3. The Hall–Kier alpha value is -2.97. The normalized spacial score (nSPS) is 19.3. The van der Waals surface area contributed by atoms with Gasteiger partial charge in [-0.3, -0.25) is 0 Å². The van der Waals surface area contributed by atoms with Gasteiger partial charge in [-0.15, -0.1) is 0 Å². The number of methoxy groups -OCH3 is 1. The second-order valence-electron chi connectivity index (χ2n) is 7.69. The zero-order valence-corrected chi connectivity index (χ0v) is 17.8. The summed E-state index contributed by atoms with van der Waals surface area (Å²) < 4.78 is 24.9. The zero-order valence-electron chi connectivity index (χ0n) is 17.8. The molecule has 8 heteroatoms. The number of fused-ring (bicyclic) bond motifs is 3. The van der Waals surface area contributed by atoms with Gasteiger partial charge in [-0.1, -0.05) is 30.3 Å². The van der Waals surface area contributed by atoms with Crippen molar-refractivity contribution in [2.24, 2.45) is 11.0 Å². The Morgan fingerprint density at radius 1 is 1.29 bits per heavy atom. The van der Waals surface area contributed by atoms with Crippen LogP contribution >= 0.6 is 0 Å². The van der Waals surface area contributed by atoms with Gasteiger partial charge in [-0.05, 0) is 23.8 Å². The van der Waals surface area contributed by atoms with Crippen LogP contribution in [0.2, 0.25) is 0 Å². The van der Waals surface area contributed by atoms with Gasteiger partial charge in [0.05, 0.1) is 30.9 Å². The van der Waals surface area contributed by atoms with Gasteiger partial charge in [0.25, 0.3) is 0 Å². The fourth-order valence-electron chi connectivity index (χ4n) is 4.01. The molecule has 1 N–H and O–H groups in total. The number of hydrogen-bond acceptors (Lipinski definition) is 5. The van der Waals surface area contributed by atoms with Crippen LogP contribution in [0.25, 0.3) is 0 Å². The Morgan fingerprint density at radius 2 is 2.10 bits per heavy atom. The minimum absolute atomic E-state index is 0.172. The van der Waals surface area contributed by atoms with Gasteiger partial charge in [0.15, 0.2) is 0 Å². The maximum Gasteiger partial charge on any atom is 0.340 e. The summed E-state index contributed by atoms with van der Waals surface area (Å²) in [5, 5.41) is 9.46. The molecule has 7 nitrogen and oxygen atoms in total. The predicted octanol–water partition coefficient (Wildman–Crippen LogP) is 2.88. The maximum atomic E-state index is 14.0. The van der Waals surface area contributed by atoms with Crippen molar-refractivity contribution < 1.29 is 18.7 Å². The third kappa shape index (κ3) is 4.40. The molecule has 2 atom stereocenters. The van der Waals surface area contributed by atoms with Gasteiger partial charge in [0.1, 0.15) is 11.6 Å². The summed E-state index contributed by atoms with van der Waals surface area (Å²) in [6, 6.07) is 13.7. The average Bonchev–Trinajstić information content (AvgIpc) is 3.19. The van der Waals surface area contributed by atoms with E-state index in [0.717, 1.165) is 12.1 Å². The van der Waals surface area contributed by atoms with E-state index >= 15 is 0 Å². The topological polar surface area (TPSA) is 66.4 Å². The zero-order chi connectivity index (χ0) is 21.8. The van der Waals surface area contributed by atoms with Gasteiger partial charge in [-0.2, -0.15) is 5.10 Å². The van der Waals surface area contributed by atoms with Crippen LogP contribution in [0.4, 0.5) is 9.18 Å². The molecule has 0 radical (unpaired) electrons. The first-order chi connectivity index (χ1) is 15.1. The molecule has 164 valence electrons. The summed E-state index contributed by atoms with van der Waals surface area (Å²) in [5.41, 5.74) is 2.26. The summed E-state index contributed by atoms with van der Waals surface area (Å²) in [4.78, 5) is 15.0. The van der Waals surface area contributed by atoms with E-state index in [4.69, 9.17) is 14.6 Å². The lowest BCUT2D eigenvalue weighted by molar-refractivity contribution is 0.133. The van der Waals surface area contributed by atoms with E-state index < -0.39 is 0 Å². The Bertz CT molecular complexity index is 953. The molecule has 0 bridgehead atoms. The Morgan fingerprint density at radius 3 is 2.87 bits per heavy atom. The lowest BCUT2D eigenvalue weighted by Gasteiger charge is -2.31. The number of hydrogen-bond donors (Lipinski definition) is 1. The average molecular weight is 426 g/mol. The number of benzene rings is 2. The van der Waals surface area contributed by atoms with Crippen LogP contribution in [-0.2, 0) is 4.74 Å². The molecule has 2 aliphatic rings. The molecular weight excluding hydrogens is 399 g/mol. The number of ether oxygens (including phenoxy) is 2. The van der Waals surface area contributed by atoms with Crippen molar-refractivity contribution in [2.45, 2.75) is 6.04 Å². The summed E-state index contributed by atoms with van der Waals surface area (Å²) in [6.07, 6.45) is 0. The molecule has 2 aliphatic heterocycles. The monoisotopic (exact) mass is 426 g/mol. The molecule has 0 aliphatic carbocycles. The fraction of sp³-hybridized carbons (Fsp3) is 0.391. The molecule has 31 heavy (non-hydrogen) atoms. The molecule has 2 aromatic carbocycles. The number of carbonyl (C=O) groups is 1. The first-order valence-electron chi connectivity index (χ1n) is 10.4. The van der Waals surface area contributed by atoms with Crippen LogP contribution in [0.1, 0.15) is 17.2 Å². The quantitative estimate of drug-likeness (QED) is 0.692. The van der Waals surface area contributed by atoms with Gasteiger partial charge < -0.3 is 19.7 Å². The molecule has 4 rings (SSSR count). The van der Waals surface area contributed by atoms with Gasteiger partial charge in [0.2, 0.25) is 0 Å². The fourth-order valence-corrected chi connectivity index (χ4v) is 4.01. The molecule has 0 fully saturated rings. The van der Waals surface area contributed by atoms with E-state index in [0.29, 0.717) is 43.3 Å². The maximum absolute atomic E-state index is 14.0. The number of urea groups is 1. The van der Waals surface area contributed by atoms with Crippen LogP contribution in [0.15, 0.2) is 53.6 Å². The van der Waals surface area contributed by atoms with E-state index in [-0.39, 0.29) is 23.8 Å². The second kappa shape index (κ2) is 9.45. The molecule has 0 saturated heterocycles. The summed E-state index contributed by atoms with van der Waals surface area (Å²) in [5.74, 6) is 0.0630. The molecule has 2 unspecified atom stereocenters. The van der Waals surface area contributed by atoms with Crippen LogP contribution < -0.4 is 10.1 Å². The molecule has 2 aromatic rings. The van der Waals surface area contributed by atoms with Crippen LogP contribution in [0.3, 0.4) is 0 Å². The number of nitrogens with one attached hydrogen (secondary N) is 1. The van der Waals surface area contributed by atoms with Crippen LogP contribution in [0.5, 0.6) is 5.75 Å². The van der Waals surface area contributed by atoms with Crippen molar-refractivity contribution in [3.05, 3.63) is 65.5 Å². The summed E-state index contributed by atoms with van der Waals surface area (Å²) >= 11 is 0. The van der Waals surface area contributed by atoms with Crippen LogP contribution in [0, 0.1) is 11.7 Å². The van der Waals surface area contributed by atoms with Crippen molar-refractivity contribution in [3.8, 4) is 5.75 Å². The molecular formula is C23H27FN4O3. The number of hydrazone groups is 1. The Balaban J connectivity index is 1.60. The number of amides is 2. The van der Waals surface area contributed by atoms with Crippen molar-refractivity contribution >= 4 is 11.7 Å². The SMILES string of the molecule is COCCNCCN(C)C(=O)N1N=C2c3cc(F)ccc3OCC2C1c1ccccc1. The lowest BCUT2D eigenvalue weighted by Crippen LogP contribution is -2.43. The van der Waals surface area contributed by atoms with Gasteiger partial charge in [-0.25, -0.2) is 14.2 Å². The highest BCUT2D eigenvalue weighted by atomic mass is 19.1. The van der Waals surface area contributed by atoms with Crippen molar-refractivity contribution in [1.29, 1.82) is 0 Å². The van der Waals surface area contributed by atoms with Gasteiger partial charge >= 0.3 is 6.03 Å². The molecule has 0 saturated carbocycles. The molecule has 0 aromatic heterocycles. The molecule has 2 amide bonds. The summed E-state index contributed by atoms with van der Waals surface area (Å²) in [7, 11) is 3.41. The standard InChI is InChI=1S/C23H27FN4O3/c1-27(12-10-25-11-13-30-2)23(29)28-22(16-6-4-3-5-7-16)19-15-31-20-9-8-17(24)14-18(20)21(19)26-28/h3-9,14,19,22,25H,10-13,15H2,1-2H3. The first-order valence-corrected chi connectivity index (χ1v) is 10.4. The molecule has 2 heterocycles. The largest absolute Gasteiger partial charge is 0.492 e.